The summed E-state index contributed by atoms with van der Waals surface area (Å²) in [5.41, 5.74) is 2.84. The number of amides is 1. The van der Waals surface area contributed by atoms with E-state index in [9.17, 15) is 14.7 Å². The maximum absolute atomic E-state index is 12.6. The Kier molecular flexibility index (Phi) is 5.83. The molecule has 2 aromatic heterocycles. The molecule has 0 aliphatic rings. The van der Waals surface area contributed by atoms with Gasteiger partial charge in [0.05, 0.1) is 24.8 Å². The molecule has 9 nitrogen and oxygen atoms in total. The number of phenols is 1. The third-order valence-electron chi connectivity index (χ3n) is 4.37. The molecular formula is C19H21N5O4S. The van der Waals surface area contributed by atoms with Crippen molar-refractivity contribution < 1.29 is 19.8 Å². The number of nitrogens with one attached hydrogen (secondary N) is 2. The van der Waals surface area contributed by atoms with Gasteiger partial charge in [-0.15, -0.1) is 0 Å². The van der Waals surface area contributed by atoms with Crippen molar-refractivity contribution >= 4 is 39.9 Å². The standard InChI is InChI=1S/C19H21N5O4S/c1-10-4-5-13(25)12(3)17(10)22-18(28)14-9-20-19(29-14)21-15-8-11(2)24(23-15)7-6-16(26)27/h4-5,8-9,25H,6-7H2,1-3H3,(H,22,28)(H,26,27)(H,20,21,23). The van der Waals surface area contributed by atoms with Gasteiger partial charge in [0, 0.05) is 17.3 Å². The number of aromatic hydroxyl groups is 1. The molecule has 0 radical (unpaired) electrons. The van der Waals surface area contributed by atoms with Crippen LogP contribution in [0.3, 0.4) is 0 Å². The Morgan fingerprint density at radius 1 is 1.24 bits per heavy atom. The van der Waals surface area contributed by atoms with Crippen LogP contribution in [0.15, 0.2) is 24.4 Å². The summed E-state index contributed by atoms with van der Waals surface area (Å²) >= 11 is 1.16. The maximum Gasteiger partial charge on any atom is 0.305 e. The zero-order chi connectivity index (χ0) is 21.1. The lowest BCUT2D eigenvalue weighted by molar-refractivity contribution is -0.137. The van der Waals surface area contributed by atoms with E-state index in [1.165, 1.54) is 6.20 Å². The van der Waals surface area contributed by atoms with Crippen LogP contribution in [0.5, 0.6) is 5.75 Å². The number of rotatable bonds is 7. The number of benzene rings is 1. The summed E-state index contributed by atoms with van der Waals surface area (Å²) in [6.07, 6.45) is 1.45. The number of carbonyl (C=O) groups excluding carboxylic acids is 1. The molecule has 0 fully saturated rings. The van der Waals surface area contributed by atoms with Gasteiger partial charge in [0.2, 0.25) is 0 Å². The molecule has 3 aromatic rings. The molecule has 0 saturated heterocycles. The van der Waals surface area contributed by atoms with E-state index in [0.717, 1.165) is 22.6 Å². The Bertz CT molecular complexity index is 1070. The molecule has 152 valence electrons. The topological polar surface area (TPSA) is 129 Å². The van der Waals surface area contributed by atoms with Crippen molar-refractivity contribution in [3.05, 3.63) is 46.1 Å². The molecule has 2 heterocycles. The van der Waals surface area contributed by atoms with E-state index in [-0.39, 0.29) is 24.6 Å². The summed E-state index contributed by atoms with van der Waals surface area (Å²) in [6, 6.07) is 5.11. The number of carboxylic acid groups (broad SMARTS) is 1. The number of aromatic nitrogens is 3. The SMILES string of the molecule is Cc1ccc(O)c(C)c1NC(=O)c1cnc(Nc2cc(C)n(CCC(=O)O)n2)s1. The Hall–Kier alpha value is -3.40. The first-order valence-electron chi connectivity index (χ1n) is 8.84. The average molecular weight is 415 g/mol. The smallest absolute Gasteiger partial charge is 0.305 e. The van der Waals surface area contributed by atoms with Crippen molar-refractivity contribution in [2.75, 3.05) is 10.6 Å². The van der Waals surface area contributed by atoms with Gasteiger partial charge in [-0.3, -0.25) is 14.3 Å². The van der Waals surface area contributed by atoms with E-state index in [1.807, 2.05) is 13.8 Å². The minimum atomic E-state index is -0.887. The molecule has 0 unspecified atom stereocenters. The van der Waals surface area contributed by atoms with Crippen LogP contribution < -0.4 is 10.6 Å². The summed E-state index contributed by atoms with van der Waals surface area (Å²) in [4.78, 5) is 27.9. The predicted molar refractivity (Wildman–Crippen MR) is 110 cm³/mol. The van der Waals surface area contributed by atoms with Crippen LogP contribution in [0, 0.1) is 20.8 Å². The average Bonchev–Trinajstić information content (AvgIpc) is 3.27. The summed E-state index contributed by atoms with van der Waals surface area (Å²) < 4.78 is 1.60. The largest absolute Gasteiger partial charge is 0.508 e. The second-order valence-electron chi connectivity index (χ2n) is 6.55. The van der Waals surface area contributed by atoms with Crippen molar-refractivity contribution in [2.45, 2.75) is 33.7 Å². The fourth-order valence-electron chi connectivity index (χ4n) is 2.75. The fourth-order valence-corrected chi connectivity index (χ4v) is 3.47. The van der Waals surface area contributed by atoms with E-state index >= 15 is 0 Å². The number of aliphatic carboxylic acids is 1. The molecule has 4 N–H and O–H groups in total. The van der Waals surface area contributed by atoms with Crippen molar-refractivity contribution in [1.82, 2.24) is 14.8 Å². The predicted octanol–water partition coefficient (Wildman–Crippen LogP) is 3.44. The quantitative estimate of drug-likeness (QED) is 0.465. The molecule has 1 aromatic carbocycles. The highest BCUT2D eigenvalue weighted by molar-refractivity contribution is 7.17. The second kappa shape index (κ2) is 8.31. The van der Waals surface area contributed by atoms with Gasteiger partial charge >= 0.3 is 5.97 Å². The number of phenolic OH excluding ortho intramolecular Hbond substituents is 1. The molecular weight excluding hydrogens is 394 g/mol. The van der Waals surface area contributed by atoms with Crippen LogP contribution in [-0.2, 0) is 11.3 Å². The number of hydrogen-bond acceptors (Lipinski definition) is 7. The van der Waals surface area contributed by atoms with Crippen LogP contribution in [0.25, 0.3) is 0 Å². The normalized spacial score (nSPS) is 10.7. The molecule has 0 saturated carbocycles. The first-order valence-corrected chi connectivity index (χ1v) is 9.66. The maximum atomic E-state index is 12.6. The molecule has 0 aliphatic heterocycles. The minimum Gasteiger partial charge on any atom is -0.508 e. The van der Waals surface area contributed by atoms with Crippen LogP contribution in [0.4, 0.5) is 16.6 Å². The second-order valence-corrected chi connectivity index (χ2v) is 7.58. The summed E-state index contributed by atoms with van der Waals surface area (Å²) in [7, 11) is 0. The molecule has 3 rings (SSSR count). The first kappa shape index (κ1) is 20.3. The van der Waals surface area contributed by atoms with Gasteiger partial charge in [-0.25, -0.2) is 4.98 Å². The highest BCUT2D eigenvalue weighted by Gasteiger charge is 2.15. The highest BCUT2D eigenvalue weighted by atomic mass is 32.1. The lowest BCUT2D eigenvalue weighted by Gasteiger charge is -2.11. The van der Waals surface area contributed by atoms with Gasteiger partial charge < -0.3 is 20.8 Å². The fraction of sp³-hybridized carbons (Fsp3) is 0.263. The summed E-state index contributed by atoms with van der Waals surface area (Å²) in [5.74, 6) is -0.571. The Balaban J connectivity index is 1.70. The minimum absolute atomic E-state index is 0.0165. The third kappa shape index (κ3) is 4.72. The Labute approximate surface area is 171 Å². The number of carbonyl (C=O) groups is 2. The number of carboxylic acids is 1. The highest BCUT2D eigenvalue weighted by Crippen LogP contribution is 2.29. The van der Waals surface area contributed by atoms with E-state index < -0.39 is 5.97 Å². The number of nitrogens with zero attached hydrogens (tertiary/aromatic N) is 3. The third-order valence-corrected chi connectivity index (χ3v) is 5.28. The zero-order valence-electron chi connectivity index (χ0n) is 16.2. The van der Waals surface area contributed by atoms with Gasteiger partial charge in [0.1, 0.15) is 10.6 Å². The van der Waals surface area contributed by atoms with E-state index in [4.69, 9.17) is 5.11 Å². The van der Waals surface area contributed by atoms with Crippen molar-refractivity contribution in [3.63, 3.8) is 0 Å². The van der Waals surface area contributed by atoms with Crippen molar-refractivity contribution in [1.29, 1.82) is 0 Å². The number of anilines is 3. The van der Waals surface area contributed by atoms with Crippen molar-refractivity contribution in [2.24, 2.45) is 0 Å². The van der Waals surface area contributed by atoms with Crippen LogP contribution in [-0.4, -0.2) is 36.9 Å². The van der Waals surface area contributed by atoms with Gasteiger partial charge in [0.25, 0.3) is 5.91 Å². The lowest BCUT2D eigenvalue weighted by atomic mass is 10.1. The van der Waals surface area contributed by atoms with Gasteiger partial charge in [-0.2, -0.15) is 5.10 Å². The van der Waals surface area contributed by atoms with Gasteiger partial charge in [-0.05, 0) is 32.4 Å². The van der Waals surface area contributed by atoms with Gasteiger partial charge in [-0.1, -0.05) is 17.4 Å². The summed E-state index contributed by atoms with van der Waals surface area (Å²) in [5, 5.41) is 29.3. The Morgan fingerprint density at radius 3 is 2.72 bits per heavy atom. The molecule has 1 amide bonds. The van der Waals surface area contributed by atoms with Crippen molar-refractivity contribution in [3.8, 4) is 5.75 Å². The first-order chi connectivity index (χ1) is 13.7. The molecule has 0 spiro atoms. The zero-order valence-corrected chi connectivity index (χ0v) is 17.0. The van der Waals surface area contributed by atoms with Crippen LogP contribution in [0.2, 0.25) is 0 Å². The van der Waals surface area contributed by atoms with Crippen LogP contribution in [0.1, 0.15) is 32.9 Å². The van der Waals surface area contributed by atoms with E-state index in [1.54, 1.807) is 29.8 Å². The monoisotopic (exact) mass is 415 g/mol. The van der Waals surface area contributed by atoms with E-state index in [2.05, 4.69) is 20.7 Å². The molecule has 10 heteroatoms. The lowest BCUT2D eigenvalue weighted by Crippen LogP contribution is -2.12. The number of aryl methyl sites for hydroxylation is 3. The van der Waals surface area contributed by atoms with E-state index in [0.29, 0.717) is 27.1 Å². The molecule has 29 heavy (non-hydrogen) atoms. The number of hydrogen-bond donors (Lipinski definition) is 4. The summed E-state index contributed by atoms with van der Waals surface area (Å²) in [6.45, 7) is 5.70. The van der Waals surface area contributed by atoms with Gasteiger partial charge in [0.15, 0.2) is 10.9 Å². The molecule has 0 bridgehead atoms. The Morgan fingerprint density at radius 2 is 2.00 bits per heavy atom. The number of thiazole rings is 1. The molecule has 0 atom stereocenters. The molecule has 0 aliphatic carbocycles. The van der Waals surface area contributed by atoms with Crippen LogP contribution >= 0.6 is 11.3 Å².